The molecule has 1 aromatic heterocycles. The standard InChI is InChI=1S/C18H21ClN4O2/c19-14-2-1-3-15(10-14)20-16(24)11-23-8-6-13(7-9-23)18-22-21-17(25-18)12-4-5-12/h1-3,10,12-13H,4-9,11H2,(H,20,24). The Morgan fingerprint density at radius 2 is 1.84 bits per heavy atom. The summed E-state index contributed by atoms with van der Waals surface area (Å²) in [5.74, 6) is 2.36. The van der Waals surface area contributed by atoms with E-state index in [1.165, 1.54) is 12.8 Å². The summed E-state index contributed by atoms with van der Waals surface area (Å²) >= 11 is 5.94. The lowest BCUT2D eigenvalue weighted by Crippen LogP contribution is -2.38. The lowest BCUT2D eigenvalue weighted by atomic mass is 9.97. The van der Waals surface area contributed by atoms with E-state index in [0.29, 0.717) is 23.4 Å². The Balaban J connectivity index is 1.26. The lowest BCUT2D eigenvalue weighted by Gasteiger charge is -2.29. The van der Waals surface area contributed by atoms with E-state index >= 15 is 0 Å². The Morgan fingerprint density at radius 3 is 2.48 bits per heavy atom. The number of hydrogen-bond donors (Lipinski definition) is 1. The molecule has 1 aliphatic heterocycles. The molecule has 1 N–H and O–H groups in total. The van der Waals surface area contributed by atoms with E-state index in [1.54, 1.807) is 12.1 Å². The molecule has 0 spiro atoms. The van der Waals surface area contributed by atoms with E-state index in [0.717, 1.165) is 43.4 Å². The van der Waals surface area contributed by atoms with Gasteiger partial charge in [0.15, 0.2) is 0 Å². The first-order valence-corrected chi connectivity index (χ1v) is 9.16. The number of nitrogens with one attached hydrogen (secondary N) is 1. The third kappa shape index (κ3) is 4.19. The van der Waals surface area contributed by atoms with Crippen molar-refractivity contribution in [2.24, 2.45) is 0 Å². The average Bonchev–Trinajstić information content (AvgIpc) is 3.33. The molecule has 2 aromatic rings. The fraction of sp³-hybridized carbons (Fsp3) is 0.500. The van der Waals surface area contributed by atoms with Gasteiger partial charge in [-0.3, -0.25) is 9.69 Å². The highest BCUT2D eigenvalue weighted by Crippen LogP contribution is 2.40. The van der Waals surface area contributed by atoms with Gasteiger partial charge in [-0.05, 0) is 57.0 Å². The molecule has 4 rings (SSSR count). The number of piperidine rings is 1. The van der Waals surface area contributed by atoms with Crippen LogP contribution in [0.15, 0.2) is 28.7 Å². The van der Waals surface area contributed by atoms with Crippen LogP contribution in [0, 0.1) is 0 Å². The summed E-state index contributed by atoms with van der Waals surface area (Å²) in [6, 6.07) is 7.19. The molecule has 1 saturated heterocycles. The molecule has 1 amide bonds. The minimum absolute atomic E-state index is 0.0190. The summed E-state index contributed by atoms with van der Waals surface area (Å²) in [6.45, 7) is 2.10. The predicted octanol–water partition coefficient (Wildman–Crippen LogP) is 3.42. The van der Waals surface area contributed by atoms with Gasteiger partial charge >= 0.3 is 0 Å². The van der Waals surface area contributed by atoms with Gasteiger partial charge in [0.05, 0.1) is 6.54 Å². The van der Waals surface area contributed by atoms with Gasteiger partial charge in [-0.1, -0.05) is 17.7 Å². The van der Waals surface area contributed by atoms with Crippen LogP contribution in [0.25, 0.3) is 0 Å². The molecular formula is C18H21ClN4O2. The molecule has 2 aliphatic rings. The van der Waals surface area contributed by atoms with Gasteiger partial charge in [0.1, 0.15) is 0 Å². The summed E-state index contributed by atoms with van der Waals surface area (Å²) in [4.78, 5) is 14.4. The molecule has 1 aromatic carbocycles. The molecule has 0 bridgehead atoms. The number of halogens is 1. The van der Waals surface area contributed by atoms with Crippen molar-refractivity contribution >= 4 is 23.2 Å². The number of aromatic nitrogens is 2. The van der Waals surface area contributed by atoms with Crippen LogP contribution in [0.4, 0.5) is 5.69 Å². The van der Waals surface area contributed by atoms with Crippen molar-refractivity contribution < 1.29 is 9.21 Å². The van der Waals surface area contributed by atoms with Crippen LogP contribution in [0.2, 0.25) is 5.02 Å². The van der Waals surface area contributed by atoms with Crippen LogP contribution >= 0.6 is 11.6 Å². The first kappa shape index (κ1) is 16.5. The molecule has 7 heteroatoms. The van der Waals surface area contributed by atoms with E-state index in [9.17, 15) is 4.79 Å². The normalized spacial score (nSPS) is 19.1. The maximum Gasteiger partial charge on any atom is 0.238 e. The van der Waals surface area contributed by atoms with Gasteiger partial charge < -0.3 is 9.73 Å². The van der Waals surface area contributed by atoms with Crippen molar-refractivity contribution in [3.05, 3.63) is 41.1 Å². The number of likely N-dealkylation sites (tertiary alicyclic amines) is 1. The Hall–Kier alpha value is -1.92. The van der Waals surface area contributed by atoms with Crippen LogP contribution in [0.3, 0.4) is 0 Å². The molecule has 1 aliphatic carbocycles. The smallest absolute Gasteiger partial charge is 0.238 e. The third-order valence-electron chi connectivity index (χ3n) is 4.80. The van der Waals surface area contributed by atoms with Crippen LogP contribution in [-0.2, 0) is 4.79 Å². The number of rotatable bonds is 5. The molecule has 6 nitrogen and oxygen atoms in total. The van der Waals surface area contributed by atoms with E-state index in [4.69, 9.17) is 16.0 Å². The van der Waals surface area contributed by atoms with Crippen LogP contribution in [-0.4, -0.2) is 40.6 Å². The molecule has 0 atom stereocenters. The number of carbonyl (C=O) groups is 1. The molecule has 0 radical (unpaired) electrons. The summed E-state index contributed by atoms with van der Waals surface area (Å²) in [7, 11) is 0. The lowest BCUT2D eigenvalue weighted by molar-refractivity contribution is -0.117. The van der Waals surface area contributed by atoms with Crippen molar-refractivity contribution in [2.45, 2.75) is 37.5 Å². The topological polar surface area (TPSA) is 71.3 Å². The monoisotopic (exact) mass is 360 g/mol. The first-order valence-electron chi connectivity index (χ1n) is 8.78. The fourth-order valence-electron chi connectivity index (χ4n) is 3.21. The Labute approximate surface area is 151 Å². The SMILES string of the molecule is O=C(CN1CCC(c2nnc(C3CC3)o2)CC1)Nc1cccc(Cl)c1. The van der Waals surface area contributed by atoms with Crippen LogP contribution < -0.4 is 5.32 Å². The zero-order valence-electron chi connectivity index (χ0n) is 13.9. The van der Waals surface area contributed by atoms with Gasteiger partial charge in [-0.2, -0.15) is 0 Å². The number of carbonyl (C=O) groups excluding carboxylic acids is 1. The number of anilines is 1. The number of hydrogen-bond acceptors (Lipinski definition) is 5. The minimum atomic E-state index is -0.0190. The maximum absolute atomic E-state index is 12.2. The van der Waals surface area contributed by atoms with Crippen molar-refractivity contribution in [3.8, 4) is 0 Å². The second kappa shape index (κ2) is 7.14. The van der Waals surface area contributed by atoms with Crippen LogP contribution in [0.1, 0.15) is 49.3 Å². The Morgan fingerprint density at radius 1 is 1.16 bits per heavy atom. The summed E-state index contributed by atoms with van der Waals surface area (Å²) in [5.41, 5.74) is 0.728. The molecule has 2 fully saturated rings. The highest BCUT2D eigenvalue weighted by atomic mass is 35.5. The quantitative estimate of drug-likeness (QED) is 0.884. The van der Waals surface area contributed by atoms with Gasteiger partial charge in [-0.15, -0.1) is 10.2 Å². The molecule has 1 saturated carbocycles. The fourth-order valence-corrected chi connectivity index (χ4v) is 3.40. The third-order valence-corrected chi connectivity index (χ3v) is 5.03. The zero-order valence-corrected chi connectivity index (χ0v) is 14.7. The number of benzene rings is 1. The molecule has 132 valence electrons. The average molecular weight is 361 g/mol. The Bertz CT molecular complexity index is 751. The summed E-state index contributed by atoms with van der Waals surface area (Å²) in [6.07, 6.45) is 4.22. The van der Waals surface area contributed by atoms with Crippen molar-refractivity contribution in [3.63, 3.8) is 0 Å². The minimum Gasteiger partial charge on any atom is -0.425 e. The highest BCUT2D eigenvalue weighted by molar-refractivity contribution is 6.30. The number of amides is 1. The van der Waals surface area contributed by atoms with Crippen molar-refractivity contribution in [1.29, 1.82) is 0 Å². The van der Waals surface area contributed by atoms with Gasteiger partial charge in [0, 0.05) is 22.5 Å². The molecule has 25 heavy (non-hydrogen) atoms. The highest BCUT2D eigenvalue weighted by Gasteiger charge is 2.31. The van der Waals surface area contributed by atoms with E-state index in [-0.39, 0.29) is 5.91 Å². The molecular weight excluding hydrogens is 340 g/mol. The van der Waals surface area contributed by atoms with Crippen molar-refractivity contribution in [2.75, 3.05) is 25.0 Å². The Kier molecular flexibility index (Phi) is 4.72. The largest absolute Gasteiger partial charge is 0.425 e. The van der Waals surface area contributed by atoms with Gasteiger partial charge in [-0.25, -0.2) is 0 Å². The van der Waals surface area contributed by atoms with E-state index in [2.05, 4.69) is 20.4 Å². The van der Waals surface area contributed by atoms with Gasteiger partial charge in [0.25, 0.3) is 0 Å². The van der Waals surface area contributed by atoms with E-state index in [1.807, 2.05) is 12.1 Å². The summed E-state index contributed by atoms with van der Waals surface area (Å²) < 4.78 is 5.82. The predicted molar refractivity (Wildman–Crippen MR) is 94.8 cm³/mol. The van der Waals surface area contributed by atoms with Gasteiger partial charge in [0.2, 0.25) is 17.7 Å². The molecule has 2 heterocycles. The first-order chi connectivity index (χ1) is 12.2. The number of nitrogens with zero attached hydrogens (tertiary/aromatic N) is 3. The van der Waals surface area contributed by atoms with Crippen LogP contribution in [0.5, 0.6) is 0 Å². The second-order valence-electron chi connectivity index (χ2n) is 6.86. The van der Waals surface area contributed by atoms with E-state index < -0.39 is 0 Å². The molecule has 0 unspecified atom stereocenters. The maximum atomic E-state index is 12.2. The van der Waals surface area contributed by atoms with Crippen molar-refractivity contribution in [1.82, 2.24) is 15.1 Å². The zero-order chi connectivity index (χ0) is 17.2. The summed E-state index contributed by atoms with van der Waals surface area (Å²) in [5, 5.41) is 11.9. The second-order valence-corrected chi connectivity index (χ2v) is 7.30.